The second-order valence-corrected chi connectivity index (χ2v) is 8.90. The molecule has 4 aromatic carbocycles. The fraction of sp³-hybridized carbons (Fsp3) is 0.179. The number of amides is 1. The lowest BCUT2D eigenvalue weighted by molar-refractivity contribution is -0.391. The van der Waals surface area contributed by atoms with Gasteiger partial charge < -0.3 is 19.9 Å². The summed E-state index contributed by atoms with van der Waals surface area (Å²) in [5.41, 5.74) is 0.524. The predicted octanol–water partition coefficient (Wildman–Crippen LogP) is 6.32. The number of aliphatic hydroxyl groups is 1. The molecule has 5 rings (SSSR count). The van der Waals surface area contributed by atoms with Gasteiger partial charge in [0.2, 0.25) is 0 Å². The van der Waals surface area contributed by atoms with Crippen LogP contribution in [0.3, 0.4) is 0 Å². The molecule has 4 aromatic rings. The molecule has 1 heterocycles. The summed E-state index contributed by atoms with van der Waals surface area (Å²) in [6.45, 7) is -0.222. The summed E-state index contributed by atoms with van der Waals surface area (Å²) >= 11 is 0. The Kier molecular flexibility index (Phi) is 6.63. The van der Waals surface area contributed by atoms with Gasteiger partial charge in [-0.15, -0.1) is 0 Å². The van der Waals surface area contributed by atoms with Crippen LogP contribution in [-0.4, -0.2) is 29.8 Å². The van der Waals surface area contributed by atoms with Crippen LogP contribution < -0.4 is 14.8 Å². The number of alkyl halides is 4. The van der Waals surface area contributed by atoms with Crippen LogP contribution in [0.5, 0.6) is 11.5 Å². The summed E-state index contributed by atoms with van der Waals surface area (Å²) < 4.78 is 90.4. The first-order valence-corrected chi connectivity index (χ1v) is 11.6. The number of hydrogen-bond donors (Lipinski definition) is 2. The summed E-state index contributed by atoms with van der Waals surface area (Å²) in [6, 6.07) is 16.9. The van der Waals surface area contributed by atoms with Crippen LogP contribution in [0.15, 0.2) is 78.9 Å². The Hall–Kier alpha value is -4.25. The average molecular weight is 547 g/mol. The van der Waals surface area contributed by atoms with E-state index >= 15 is 0 Å². The summed E-state index contributed by atoms with van der Waals surface area (Å²) in [5.74, 6) is -3.99. The van der Waals surface area contributed by atoms with Crippen molar-refractivity contribution in [1.82, 2.24) is 5.32 Å². The third kappa shape index (κ3) is 4.97. The number of carbonyl (C=O) groups excluding carboxylic acids is 1. The molecule has 0 bridgehead atoms. The first-order chi connectivity index (χ1) is 18.5. The summed E-state index contributed by atoms with van der Waals surface area (Å²) in [6.07, 6.45) is -11.3. The van der Waals surface area contributed by atoms with Crippen molar-refractivity contribution in [3.05, 3.63) is 107 Å². The van der Waals surface area contributed by atoms with Crippen molar-refractivity contribution in [3.8, 4) is 11.5 Å². The molecule has 0 radical (unpaired) electrons. The molecule has 39 heavy (non-hydrogen) atoms. The van der Waals surface area contributed by atoms with Gasteiger partial charge in [-0.05, 0) is 52.9 Å². The number of carbonyl (C=O) groups is 1. The second-order valence-electron chi connectivity index (χ2n) is 8.90. The van der Waals surface area contributed by atoms with Crippen molar-refractivity contribution in [2.75, 3.05) is 6.54 Å². The van der Waals surface area contributed by atoms with Crippen LogP contribution in [0.1, 0.15) is 33.5 Å². The van der Waals surface area contributed by atoms with Gasteiger partial charge in [0, 0.05) is 23.4 Å². The van der Waals surface area contributed by atoms with Gasteiger partial charge in [0.05, 0.1) is 6.10 Å². The minimum Gasteiger partial charge on any atom is -0.421 e. The largest absolute Gasteiger partial charge is 0.507 e. The molecule has 202 valence electrons. The van der Waals surface area contributed by atoms with Gasteiger partial charge in [0.1, 0.15) is 11.6 Å². The molecular weight excluding hydrogens is 528 g/mol. The Balaban J connectivity index is 1.44. The molecule has 2 N–H and O–H groups in total. The SMILES string of the molecule is O=C(NCC(c1ccc(F)cc1)C(O)c1ccc2c(c1)OC(F)(F)C(F)(F)O2)c1ccc(F)c2ccccc12. The Labute approximate surface area is 217 Å². The maximum Gasteiger partial charge on any atom is 0.507 e. The highest BCUT2D eigenvalue weighted by Gasteiger charge is 2.66. The number of aliphatic hydroxyl groups excluding tert-OH is 1. The fourth-order valence-corrected chi connectivity index (χ4v) is 4.38. The van der Waals surface area contributed by atoms with Gasteiger partial charge in [-0.1, -0.05) is 42.5 Å². The second kappa shape index (κ2) is 9.81. The van der Waals surface area contributed by atoms with E-state index in [4.69, 9.17) is 0 Å². The van der Waals surface area contributed by atoms with E-state index in [1.807, 2.05) is 0 Å². The van der Waals surface area contributed by atoms with Crippen molar-refractivity contribution in [3.63, 3.8) is 0 Å². The molecule has 0 fully saturated rings. The van der Waals surface area contributed by atoms with Crippen LogP contribution in [0.25, 0.3) is 10.8 Å². The van der Waals surface area contributed by atoms with Crippen LogP contribution in [0.2, 0.25) is 0 Å². The molecule has 0 aromatic heterocycles. The van der Waals surface area contributed by atoms with Crippen molar-refractivity contribution in [2.24, 2.45) is 0 Å². The smallest absolute Gasteiger partial charge is 0.421 e. The Morgan fingerprint density at radius 3 is 2.10 bits per heavy atom. The summed E-state index contributed by atoms with van der Waals surface area (Å²) in [4.78, 5) is 13.1. The van der Waals surface area contributed by atoms with E-state index in [1.165, 1.54) is 30.3 Å². The van der Waals surface area contributed by atoms with Gasteiger partial charge in [0.25, 0.3) is 5.91 Å². The standard InChI is InChI=1S/C28H19F6NO4/c29-17-8-5-15(6-9-17)21(14-35-26(37)20-10-11-22(30)19-4-2-1-3-18(19)20)25(36)16-7-12-23-24(13-16)39-28(33,34)27(31,32)38-23/h1-13,21,25,36H,14H2,(H,35,37). The maximum absolute atomic E-state index is 14.2. The van der Waals surface area contributed by atoms with Crippen molar-refractivity contribution in [2.45, 2.75) is 24.2 Å². The van der Waals surface area contributed by atoms with E-state index in [9.17, 15) is 36.2 Å². The van der Waals surface area contributed by atoms with Crippen LogP contribution >= 0.6 is 0 Å². The zero-order valence-electron chi connectivity index (χ0n) is 19.8. The molecule has 11 heteroatoms. The topological polar surface area (TPSA) is 67.8 Å². The lowest BCUT2D eigenvalue weighted by atomic mass is 9.88. The van der Waals surface area contributed by atoms with Gasteiger partial charge in [0.15, 0.2) is 11.5 Å². The first-order valence-electron chi connectivity index (χ1n) is 11.6. The number of ether oxygens (including phenoxy) is 2. The quantitative estimate of drug-likeness (QED) is 0.277. The fourth-order valence-electron chi connectivity index (χ4n) is 4.38. The molecule has 0 saturated heterocycles. The summed E-state index contributed by atoms with van der Waals surface area (Å²) in [5, 5.41) is 14.5. The van der Waals surface area contributed by atoms with Gasteiger partial charge >= 0.3 is 12.2 Å². The molecule has 1 amide bonds. The average Bonchev–Trinajstić information content (AvgIpc) is 2.90. The highest BCUT2D eigenvalue weighted by Crippen LogP contribution is 2.48. The van der Waals surface area contributed by atoms with E-state index in [0.717, 1.165) is 30.3 Å². The van der Waals surface area contributed by atoms with Gasteiger partial charge in [-0.25, -0.2) is 8.78 Å². The highest BCUT2D eigenvalue weighted by molar-refractivity contribution is 6.07. The number of hydrogen-bond acceptors (Lipinski definition) is 4. The van der Waals surface area contributed by atoms with Crippen LogP contribution in [0, 0.1) is 11.6 Å². The monoisotopic (exact) mass is 547 g/mol. The third-order valence-corrected chi connectivity index (χ3v) is 6.40. The molecule has 5 nitrogen and oxygen atoms in total. The lowest BCUT2D eigenvalue weighted by Crippen LogP contribution is -2.52. The Morgan fingerprint density at radius 1 is 0.795 bits per heavy atom. The highest BCUT2D eigenvalue weighted by atomic mass is 19.3. The molecular formula is C28H19F6NO4. The van der Waals surface area contributed by atoms with E-state index in [-0.39, 0.29) is 23.1 Å². The van der Waals surface area contributed by atoms with Gasteiger partial charge in [-0.3, -0.25) is 4.79 Å². The Morgan fingerprint density at radius 2 is 1.41 bits per heavy atom. The van der Waals surface area contributed by atoms with E-state index in [0.29, 0.717) is 10.9 Å². The molecule has 2 unspecified atom stereocenters. The molecule has 0 aliphatic carbocycles. The minimum atomic E-state index is -4.95. The number of nitrogens with one attached hydrogen (secondary N) is 1. The zero-order valence-corrected chi connectivity index (χ0v) is 19.8. The maximum atomic E-state index is 14.2. The van der Waals surface area contributed by atoms with E-state index in [1.54, 1.807) is 18.2 Å². The molecule has 1 aliphatic rings. The third-order valence-electron chi connectivity index (χ3n) is 6.40. The lowest BCUT2D eigenvalue weighted by Gasteiger charge is -2.32. The minimum absolute atomic E-state index is 0.0193. The number of rotatable bonds is 6. The molecule has 0 spiro atoms. The van der Waals surface area contributed by atoms with E-state index in [2.05, 4.69) is 14.8 Å². The first kappa shape index (κ1) is 26.4. The number of halogens is 6. The van der Waals surface area contributed by atoms with Crippen molar-refractivity contribution < 1.29 is 45.7 Å². The van der Waals surface area contributed by atoms with Crippen LogP contribution in [0.4, 0.5) is 26.3 Å². The van der Waals surface area contributed by atoms with Crippen molar-refractivity contribution in [1.29, 1.82) is 0 Å². The predicted molar refractivity (Wildman–Crippen MR) is 128 cm³/mol. The van der Waals surface area contributed by atoms with Gasteiger partial charge in [-0.2, -0.15) is 17.6 Å². The molecule has 1 aliphatic heterocycles. The number of benzene rings is 4. The number of fused-ring (bicyclic) bond motifs is 2. The molecule has 0 saturated carbocycles. The Bertz CT molecular complexity index is 1540. The van der Waals surface area contributed by atoms with Crippen molar-refractivity contribution >= 4 is 16.7 Å². The zero-order chi connectivity index (χ0) is 27.9. The van der Waals surface area contributed by atoms with Crippen LogP contribution in [-0.2, 0) is 0 Å². The molecule has 2 atom stereocenters. The normalized spacial score (nSPS) is 16.9. The van der Waals surface area contributed by atoms with E-state index < -0.39 is 53.3 Å². The summed E-state index contributed by atoms with van der Waals surface area (Å²) in [7, 11) is 0.